The fourth-order valence-electron chi connectivity index (χ4n) is 1.40. The Morgan fingerprint density at radius 2 is 2.00 bits per heavy atom. The van der Waals surface area contributed by atoms with Crippen molar-refractivity contribution in [3.63, 3.8) is 0 Å². The highest BCUT2D eigenvalue weighted by Gasteiger charge is 2.13. The van der Waals surface area contributed by atoms with E-state index in [4.69, 9.17) is 5.26 Å². The maximum absolute atomic E-state index is 12.0. The normalized spacial score (nSPS) is 11.2. The Balaban J connectivity index is 2.11. The molecule has 98 valence electrons. The molecule has 0 saturated carbocycles. The molecule has 1 N–H and O–H groups in total. The molecule has 2 aromatic rings. The SMILES string of the molecule is N#Cc1ccc(S(=O)(=O)NCc2cc(Br)cs2)cc1. The second-order valence-corrected chi connectivity index (χ2v) is 7.37. The van der Waals surface area contributed by atoms with Crippen LogP contribution in [0.2, 0.25) is 0 Å². The van der Waals surface area contributed by atoms with Crippen LogP contribution >= 0.6 is 27.3 Å². The first-order chi connectivity index (χ1) is 9.01. The van der Waals surface area contributed by atoms with Gasteiger partial charge < -0.3 is 0 Å². The number of thiophene rings is 1. The number of nitriles is 1. The summed E-state index contributed by atoms with van der Waals surface area (Å²) in [5, 5.41) is 10.6. The van der Waals surface area contributed by atoms with Crippen LogP contribution in [-0.4, -0.2) is 8.42 Å². The molecule has 0 atom stereocenters. The van der Waals surface area contributed by atoms with Gasteiger partial charge in [0.25, 0.3) is 0 Å². The first kappa shape index (κ1) is 14.2. The highest BCUT2D eigenvalue weighted by molar-refractivity contribution is 9.10. The topological polar surface area (TPSA) is 70.0 Å². The van der Waals surface area contributed by atoms with Gasteiger partial charge in [-0.2, -0.15) is 5.26 Å². The lowest BCUT2D eigenvalue weighted by Crippen LogP contribution is -2.22. The quantitative estimate of drug-likeness (QED) is 0.915. The van der Waals surface area contributed by atoms with E-state index in [1.807, 2.05) is 17.5 Å². The van der Waals surface area contributed by atoms with Gasteiger partial charge in [0.1, 0.15) is 0 Å². The predicted octanol–water partition coefficient (Wildman–Crippen LogP) is 2.86. The van der Waals surface area contributed by atoms with Gasteiger partial charge in [-0.3, -0.25) is 0 Å². The molecule has 0 fully saturated rings. The third kappa shape index (κ3) is 3.64. The summed E-state index contributed by atoms with van der Waals surface area (Å²) in [7, 11) is -3.54. The van der Waals surface area contributed by atoms with E-state index in [1.165, 1.54) is 35.6 Å². The van der Waals surface area contributed by atoms with Crippen LogP contribution in [0.25, 0.3) is 0 Å². The third-order valence-electron chi connectivity index (χ3n) is 2.35. The van der Waals surface area contributed by atoms with Gasteiger partial charge in [-0.25, -0.2) is 13.1 Å². The molecule has 1 heterocycles. The van der Waals surface area contributed by atoms with Crippen LogP contribution < -0.4 is 4.72 Å². The van der Waals surface area contributed by atoms with Gasteiger partial charge in [0, 0.05) is 21.3 Å². The molecule has 0 aliphatic carbocycles. The van der Waals surface area contributed by atoms with Crippen LogP contribution in [0, 0.1) is 11.3 Å². The summed E-state index contributed by atoms with van der Waals surface area (Å²) in [6.45, 7) is 0.249. The number of nitrogens with zero attached hydrogens (tertiary/aromatic N) is 1. The van der Waals surface area contributed by atoms with Gasteiger partial charge in [-0.05, 0) is 46.3 Å². The maximum Gasteiger partial charge on any atom is 0.240 e. The van der Waals surface area contributed by atoms with Crippen molar-refractivity contribution in [3.8, 4) is 6.07 Å². The largest absolute Gasteiger partial charge is 0.240 e. The summed E-state index contributed by atoms with van der Waals surface area (Å²) in [5.74, 6) is 0. The zero-order valence-electron chi connectivity index (χ0n) is 9.63. The van der Waals surface area contributed by atoms with Gasteiger partial charge in [-0.15, -0.1) is 11.3 Å². The zero-order chi connectivity index (χ0) is 13.9. The van der Waals surface area contributed by atoms with Crippen molar-refractivity contribution < 1.29 is 8.42 Å². The summed E-state index contributed by atoms with van der Waals surface area (Å²) in [4.78, 5) is 1.08. The molecule has 7 heteroatoms. The van der Waals surface area contributed by atoms with E-state index in [9.17, 15) is 8.42 Å². The molecule has 0 radical (unpaired) electrons. The monoisotopic (exact) mass is 356 g/mol. The standard InChI is InChI=1S/C12H9BrN2O2S2/c13-10-5-11(18-8-10)7-15-19(16,17)12-3-1-9(6-14)2-4-12/h1-5,8,15H,7H2. The molecule has 0 unspecified atom stereocenters. The van der Waals surface area contributed by atoms with Gasteiger partial charge >= 0.3 is 0 Å². The maximum atomic E-state index is 12.0. The van der Waals surface area contributed by atoms with Crippen molar-refractivity contribution in [3.05, 3.63) is 50.6 Å². The molecular weight excluding hydrogens is 348 g/mol. The Hall–Kier alpha value is -1.20. The predicted molar refractivity (Wildman–Crippen MR) is 77.2 cm³/mol. The lowest BCUT2D eigenvalue weighted by Gasteiger charge is -2.05. The van der Waals surface area contributed by atoms with Gasteiger partial charge in [0.2, 0.25) is 10.0 Å². The molecule has 0 bridgehead atoms. The Morgan fingerprint density at radius 1 is 1.32 bits per heavy atom. The highest BCUT2D eigenvalue weighted by atomic mass is 79.9. The minimum atomic E-state index is -3.54. The molecule has 0 aliphatic rings. The van der Waals surface area contributed by atoms with Crippen LogP contribution in [0.15, 0.2) is 45.1 Å². The van der Waals surface area contributed by atoms with E-state index in [-0.39, 0.29) is 11.4 Å². The summed E-state index contributed by atoms with van der Waals surface area (Å²) in [6, 6.07) is 9.62. The average Bonchev–Trinajstić information content (AvgIpc) is 2.82. The Labute approximate surface area is 123 Å². The molecule has 2 rings (SSSR count). The highest BCUT2D eigenvalue weighted by Crippen LogP contribution is 2.20. The lowest BCUT2D eigenvalue weighted by atomic mass is 10.2. The van der Waals surface area contributed by atoms with E-state index in [0.717, 1.165) is 9.35 Å². The molecule has 19 heavy (non-hydrogen) atoms. The second kappa shape index (κ2) is 5.84. The molecule has 1 aromatic heterocycles. The lowest BCUT2D eigenvalue weighted by molar-refractivity contribution is 0.582. The fourth-order valence-corrected chi connectivity index (χ4v) is 3.89. The zero-order valence-corrected chi connectivity index (χ0v) is 12.8. The smallest absolute Gasteiger partial charge is 0.207 e. The van der Waals surface area contributed by atoms with E-state index in [0.29, 0.717) is 5.56 Å². The number of sulfonamides is 1. The van der Waals surface area contributed by atoms with Gasteiger partial charge in [-0.1, -0.05) is 0 Å². The number of nitrogens with one attached hydrogen (secondary N) is 1. The summed E-state index contributed by atoms with van der Waals surface area (Å²) in [6.07, 6.45) is 0. The van der Waals surface area contributed by atoms with Crippen LogP contribution in [0.5, 0.6) is 0 Å². The van der Waals surface area contributed by atoms with Crippen LogP contribution in [0.3, 0.4) is 0 Å². The Kier molecular flexibility index (Phi) is 4.37. The van der Waals surface area contributed by atoms with E-state index >= 15 is 0 Å². The summed E-state index contributed by atoms with van der Waals surface area (Å²) < 4.78 is 27.5. The summed E-state index contributed by atoms with van der Waals surface area (Å²) >= 11 is 4.79. The third-order valence-corrected chi connectivity index (χ3v) is 5.47. The fraction of sp³-hybridized carbons (Fsp3) is 0.0833. The molecule has 0 spiro atoms. The molecule has 0 amide bonds. The number of rotatable bonds is 4. The van der Waals surface area contributed by atoms with Crippen molar-refractivity contribution in [2.75, 3.05) is 0 Å². The van der Waals surface area contributed by atoms with Crippen LogP contribution in [0.4, 0.5) is 0 Å². The second-order valence-electron chi connectivity index (χ2n) is 3.69. The Morgan fingerprint density at radius 3 is 2.53 bits per heavy atom. The molecular formula is C12H9BrN2O2S2. The van der Waals surface area contributed by atoms with E-state index in [2.05, 4.69) is 20.7 Å². The number of halogens is 1. The molecule has 1 aromatic carbocycles. The van der Waals surface area contributed by atoms with Crippen molar-refractivity contribution >= 4 is 37.3 Å². The average molecular weight is 357 g/mol. The molecule has 0 saturated heterocycles. The van der Waals surface area contributed by atoms with Crippen molar-refractivity contribution in [2.24, 2.45) is 0 Å². The van der Waals surface area contributed by atoms with Crippen LogP contribution in [0.1, 0.15) is 10.4 Å². The van der Waals surface area contributed by atoms with Gasteiger partial charge in [0.05, 0.1) is 16.5 Å². The number of benzene rings is 1. The molecule has 4 nitrogen and oxygen atoms in total. The number of hydrogen-bond donors (Lipinski definition) is 1. The molecule has 0 aliphatic heterocycles. The van der Waals surface area contributed by atoms with E-state index < -0.39 is 10.0 Å². The minimum Gasteiger partial charge on any atom is -0.207 e. The van der Waals surface area contributed by atoms with Crippen molar-refractivity contribution in [2.45, 2.75) is 11.4 Å². The van der Waals surface area contributed by atoms with Crippen molar-refractivity contribution in [1.29, 1.82) is 5.26 Å². The van der Waals surface area contributed by atoms with Gasteiger partial charge in [0.15, 0.2) is 0 Å². The van der Waals surface area contributed by atoms with Crippen molar-refractivity contribution in [1.82, 2.24) is 4.72 Å². The number of hydrogen-bond acceptors (Lipinski definition) is 4. The first-order valence-corrected chi connectivity index (χ1v) is 8.39. The first-order valence-electron chi connectivity index (χ1n) is 5.24. The van der Waals surface area contributed by atoms with Crippen LogP contribution in [-0.2, 0) is 16.6 Å². The van der Waals surface area contributed by atoms with E-state index in [1.54, 1.807) is 0 Å². The minimum absolute atomic E-state index is 0.155. The Bertz CT molecular complexity index is 715. The summed E-state index contributed by atoms with van der Waals surface area (Å²) in [5.41, 5.74) is 0.432.